The standard InChI is InChI=1S/C24H29ClO5/c1-2-13-6-8-14(9-7-13)10-15-11-18(16-4-3-5-17(16)20(15)25)24-23(29)22(28)21(27)19(12-26)30-24/h6-9,11,19,21-24,26-29H,2-5,10,12H2,1H3/t19-,21-,22+,23-,24+/m1/s1. The lowest BCUT2D eigenvalue weighted by Crippen LogP contribution is -2.55. The van der Waals surface area contributed by atoms with Gasteiger partial charge in [-0.2, -0.15) is 0 Å². The molecule has 0 unspecified atom stereocenters. The first-order valence-electron chi connectivity index (χ1n) is 10.7. The molecule has 5 atom stereocenters. The molecule has 6 heteroatoms. The van der Waals surface area contributed by atoms with Gasteiger partial charge in [0.25, 0.3) is 0 Å². The summed E-state index contributed by atoms with van der Waals surface area (Å²) in [4.78, 5) is 0. The second-order valence-electron chi connectivity index (χ2n) is 8.35. The summed E-state index contributed by atoms with van der Waals surface area (Å²) >= 11 is 6.79. The molecule has 0 spiro atoms. The van der Waals surface area contributed by atoms with E-state index in [4.69, 9.17) is 16.3 Å². The number of ether oxygens (including phenoxy) is 1. The molecule has 0 amide bonds. The van der Waals surface area contributed by atoms with E-state index in [1.165, 1.54) is 5.56 Å². The maximum absolute atomic E-state index is 10.7. The van der Waals surface area contributed by atoms with Gasteiger partial charge in [-0.25, -0.2) is 0 Å². The third kappa shape index (κ3) is 3.91. The van der Waals surface area contributed by atoms with E-state index >= 15 is 0 Å². The van der Waals surface area contributed by atoms with Crippen LogP contribution in [-0.2, 0) is 30.4 Å². The number of aryl methyl sites for hydroxylation is 1. The van der Waals surface area contributed by atoms with Gasteiger partial charge in [-0.15, -0.1) is 0 Å². The Morgan fingerprint density at radius 2 is 1.63 bits per heavy atom. The van der Waals surface area contributed by atoms with Gasteiger partial charge in [0.15, 0.2) is 0 Å². The average molecular weight is 433 g/mol. The summed E-state index contributed by atoms with van der Waals surface area (Å²) in [6, 6.07) is 10.4. The summed E-state index contributed by atoms with van der Waals surface area (Å²) in [5, 5.41) is 41.4. The van der Waals surface area contributed by atoms with Crippen LogP contribution in [0.25, 0.3) is 0 Å². The number of fused-ring (bicyclic) bond motifs is 1. The minimum absolute atomic E-state index is 0.437. The number of hydrogen-bond donors (Lipinski definition) is 4. The largest absolute Gasteiger partial charge is 0.394 e. The molecule has 1 aliphatic heterocycles. The molecule has 162 valence electrons. The lowest BCUT2D eigenvalue weighted by molar-refractivity contribution is -0.231. The van der Waals surface area contributed by atoms with E-state index in [1.807, 2.05) is 6.07 Å². The van der Waals surface area contributed by atoms with Crippen molar-refractivity contribution in [1.29, 1.82) is 0 Å². The fourth-order valence-corrected chi connectivity index (χ4v) is 5.02. The SMILES string of the molecule is CCc1ccc(Cc2cc([C@@H]3O[C@H](CO)[C@@H](O)[C@H](O)[C@H]3O)c3c(c2Cl)CCC3)cc1. The van der Waals surface area contributed by atoms with E-state index < -0.39 is 37.1 Å². The highest BCUT2D eigenvalue weighted by atomic mass is 35.5. The lowest BCUT2D eigenvalue weighted by Gasteiger charge is -2.41. The molecule has 2 aliphatic rings. The van der Waals surface area contributed by atoms with Gasteiger partial charge in [0, 0.05) is 5.02 Å². The van der Waals surface area contributed by atoms with Crippen molar-refractivity contribution < 1.29 is 25.2 Å². The van der Waals surface area contributed by atoms with Crippen LogP contribution in [0.1, 0.15) is 52.8 Å². The minimum Gasteiger partial charge on any atom is -0.394 e. The van der Waals surface area contributed by atoms with Gasteiger partial charge in [-0.05, 0) is 65.5 Å². The fourth-order valence-electron chi connectivity index (χ4n) is 4.69. The Hall–Kier alpha value is -1.47. The Kier molecular flexibility index (Phi) is 6.49. The summed E-state index contributed by atoms with van der Waals surface area (Å²) in [6.07, 6.45) is -1.50. The van der Waals surface area contributed by atoms with E-state index in [1.54, 1.807) is 0 Å². The third-order valence-electron chi connectivity index (χ3n) is 6.47. The number of benzene rings is 2. The molecule has 2 aromatic carbocycles. The van der Waals surface area contributed by atoms with E-state index in [9.17, 15) is 20.4 Å². The number of halogens is 1. The van der Waals surface area contributed by atoms with Crippen LogP contribution in [0.4, 0.5) is 0 Å². The molecular formula is C24H29ClO5. The lowest BCUT2D eigenvalue weighted by atomic mass is 9.86. The summed E-state index contributed by atoms with van der Waals surface area (Å²) in [5.74, 6) is 0. The van der Waals surface area contributed by atoms with Gasteiger partial charge in [-0.3, -0.25) is 0 Å². The molecule has 1 fully saturated rings. The number of aliphatic hydroxyl groups is 4. The fraction of sp³-hybridized carbons (Fsp3) is 0.500. The molecule has 4 rings (SSSR count). The summed E-state index contributed by atoms with van der Waals surface area (Å²) in [6.45, 7) is 1.69. The molecule has 2 aromatic rings. The molecule has 0 radical (unpaired) electrons. The average Bonchev–Trinajstić information content (AvgIpc) is 3.26. The Balaban J connectivity index is 1.73. The molecule has 0 aromatic heterocycles. The zero-order valence-electron chi connectivity index (χ0n) is 17.1. The summed E-state index contributed by atoms with van der Waals surface area (Å²) < 4.78 is 5.86. The zero-order valence-corrected chi connectivity index (χ0v) is 17.8. The van der Waals surface area contributed by atoms with Gasteiger partial charge >= 0.3 is 0 Å². The first kappa shape index (κ1) is 21.8. The quantitative estimate of drug-likeness (QED) is 0.583. The van der Waals surface area contributed by atoms with Crippen molar-refractivity contribution in [3.05, 3.63) is 68.7 Å². The molecule has 0 bridgehead atoms. The Morgan fingerprint density at radius 1 is 0.967 bits per heavy atom. The normalized spacial score (nSPS) is 28.5. The third-order valence-corrected chi connectivity index (χ3v) is 6.94. The van der Waals surface area contributed by atoms with Crippen LogP contribution >= 0.6 is 11.6 Å². The molecular weight excluding hydrogens is 404 g/mol. The van der Waals surface area contributed by atoms with Crippen molar-refractivity contribution in [2.45, 2.75) is 69.5 Å². The summed E-state index contributed by atoms with van der Waals surface area (Å²) in [5.41, 5.74) is 6.30. The molecule has 4 N–H and O–H groups in total. The first-order chi connectivity index (χ1) is 14.4. The molecule has 1 aliphatic carbocycles. The Bertz CT molecular complexity index is 895. The molecule has 1 heterocycles. The van der Waals surface area contributed by atoms with Gasteiger partial charge in [-0.1, -0.05) is 48.9 Å². The van der Waals surface area contributed by atoms with Crippen LogP contribution in [0, 0.1) is 0 Å². The summed E-state index contributed by atoms with van der Waals surface area (Å²) in [7, 11) is 0. The van der Waals surface area contributed by atoms with Crippen molar-refractivity contribution in [3.63, 3.8) is 0 Å². The highest BCUT2D eigenvalue weighted by Gasteiger charge is 2.45. The van der Waals surface area contributed by atoms with Gasteiger partial charge in [0.1, 0.15) is 30.5 Å². The van der Waals surface area contributed by atoms with Gasteiger partial charge < -0.3 is 25.2 Å². The first-order valence-corrected chi connectivity index (χ1v) is 11.0. The highest BCUT2D eigenvalue weighted by molar-refractivity contribution is 6.32. The van der Waals surface area contributed by atoms with Crippen molar-refractivity contribution in [3.8, 4) is 0 Å². The minimum atomic E-state index is -1.39. The second-order valence-corrected chi connectivity index (χ2v) is 8.72. The topological polar surface area (TPSA) is 90.2 Å². The predicted molar refractivity (Wildman–Crippen MR) is 115 cm³/mol. The molecule has 1 saturated heterocycles. The van der Waals surface area contributed by atoms with Crippen LogP contribution in [0.5, 0.6) is 0 Å². The number of rotatable bonds is 5. The van der Waals surface area contributed by atoms with E-state index in [2.05, 4.69) is 31.2 Å². The number of hydrogen-bond acceptors (Lipinski definition) is 5. The predicted octanol–water partition coefficient (Wildman–Crippen LogP) is 2.50. The van der Waals surface area contributed by atoms with Crippen LogP contribution in [-0.4, -0.2) is 51.4 Å². The smallest absolute Gasteiger partial charge is 0.113 e. The molecule has 30 heavy (non-hydrogen) atoms. The van der Waals surface area contributed by atoms with Crippen LogP contribution in [0.3, 0.4) is 0 Å². The van der Waals surface area contributed by atoms with E-state index in [0.29, 0.717) is 6.42 Å². The van der Waals surface area contributed by atoms with Crippen LogP contribution in [0.2, 0.25) is 5.02 Å². The van der Waals surface area contributed by atoms with Gasteiger partial charge in [0.2, 0.25) is 0 Å². The monoisotopic (exact) mass is 432 g/mol. The number of aliphatic hydroxyl groups excluding tert-OH is 4. The van der Waals surface area contributed by atoms with Crippen molar-refractivity contribution in [2.75, 3.05) is 6.61 Å². The van der Waals surface area contributed by atoms with E-state index in [-0.39, 0.29) is 0 Å². The Morgan fingerprint density at radius 3 is 2.30 bits per heavy atom. The van der Waals surface area contributed by atoms with Crippen molar-refractivity contribution in [2.24, 2.45) is 0 Å². The van der Waals surface area contributed by atoms with Crippen LogP contribution in [0.15, 0.2) is 30.3 Å². The zero-order chi connectivity index (χ0) is 21.4. The molecule has 0 saturated carbocycles. The van der Waals surface area contributed by atoms with Crippen LogP contribution < -0.4 is 0 Å². The maximum atomic E-state index is 10.7. The van der Waals surface area contributed by atoms with Crippen molar-refractivity contribution >= 4 is 11.6 Å². The van der Waals surface area contributed by atoms with E-state index in [0.717, 1.165) is 58.5 Å². The molecule has 5 nitrogen and oxygen atoms in total. The maximum Gasteiger partial charge on any atom is 0.113 e. The second kappa shape index (κ2) is 8.95. The van der Waals surface area contributed by atoms with Gasteiger partial charge in [0.05, 0.1) is 6.61 Å². The highest BCUT2D eigenvalue weighted by Crippen LogP contribution is 2.42. The Labute approximate surface area is 181 Å². The van der Waals surface area contributed by atoms with Crippen molar-refractivity contribution in [1.82, 2.24) is 0 Å².